The van der Waals surface area contributed by atoms with Gasteiger partial charge in [0.2, 0.25) is 15.9 Å². The van der Waals surface area contributed by atoms with E-state index in [9.17, 15) is 13.2 Å². The predicted octanol–water partition coefficient (Wildman–Crippen LogP) is 2.10. The van der Waals surface area contributed by atoms with Crippen LogP contribution in [0, 0.1) is 12.8 Å². The SMILES string of the molecule is C=CCNC(=O)[C@H]1CCCN(S(=O)(=O)c2ccc(OCC)c(C)c2)C1. The van der Waals surface area contributed by atoms with E-state index in [-0.39, 0.29) is 23.3 Å². The van der Waals surface area contributed by atoms with Crippen molar-refractivity contribution in [1.82, 2.24) is 9.62 Å². The van der Waals surface area contributed by atoms with Gasteiger partial charge < -0.3 is 10.1 Å². The van der Waals surface area contributed by atoms with Gasteiger partial charge in [-0.25, -0.2) is 8.42 Å². The van der Waals surface area contributed by atoms with Crippen LogP contribution in [-0.2, 0) is 14.8 Å². The summed E-state index contributed by atoms with van der Waals surface area (Å²) in [6.07, 6.45) is 2.97. The molecule has 1 N–H and O–H groups in total. The maximum atomic E-state index is 12.9. The molecule has 1 amide bonds. The van der Waals surface area contributed by atoms with Crippen molar-refractivity contribution in [2.45, 2.75) is 31.6 Å². The molecule has 6 nitrogen and oxygen atoms in total. The first-order valence-electron chi connectivity index (χ1n) is 8.52. The van der Waals surface area contributed by atoms with Crippen molar-refractivity contribution in [2.24, 2.45) is 5.92 Å². The molecule has 1 fully saturated rings. The topological polar surface area (TPSA) is 75.7 Å². The number of hydrogen-bond donors (Lipinski definition) is 1. The minimum absolute atomic E-state index is 0.123. The van der Waals surface area contributed by atoms with E-state index in [4.69, 9.17) is 4.74 Å². The number of piperidine rings is 1. The first-order chi connectivity index (χ1) is 11.9. The average Bonchev–Trinajstić information content (AvgIpc) is 2.61. The molecule has 2 rings (SSSR count). The van der Waals surface area contributed by atoms with Gasteiger partial charge in [-0.05, 0) is 50.5 Å². The highest BCUT2D eigenvalue weighted by atomic mass is 32.2. The molecular weight excluding hydrogens is 340 g/mol. The second-order valence-electron chi connectivity index (χ2n) is 6.10. The van der Waals surface area contributed by atoms with Crippen molar-refractivity contribution in [3.05, 3.63) is 36.4 Å². The van der Waals surface area contributed by atoms with Crippen LogP contribution in [0.3, 0.4) is 0 Å². The molecule has 0 radical (unpaired) electrons. The lowest BCUT2D eigenvalue weighted by Gasteiger charge is -2.31. The van der Waals surface area contributed by atoms with Gasteiger partial charge in [-0.1, -0.05) is 6.08 Å². The summed E-state index contributed by atoms with van der Waals surface area (Å²) >= 11 is 0. The molecular formula is C18H26N2O4S. The standard InChI is InChI=1S/C18H26N2O4S/c1-4-10-19-18(21)15-7-6-11-20(13-15)25(22,23)16-8-9-17(24-5-2)14(3)12-16/h4,8-9,12,15H,1,5-7,10-11,13H2,2-3H3,(H,19,21)/t15-/m0/s1. The lowest BCUT2D eigenvalue weighted by atomic mass is 9.99. The molecule has 0 spiro atoms. The van der Waals surface area contributed by atoms with Gasteiger partial charge in [-0.15, -0.1) is 6.58 Å². The number of benzene rings is 1. The summed E-state index contributed by atoms with van der Waals surface area (Å²) in [4.78, 5) is 12.4. The number of hydrogen-bond acceptors (Lipinski definition) is 4. The van der Waals surface area contributed by atoms with Crippen molar-refractivity contribution in [3.8, 4) is 5.75 Å². The third-order valence-corrected chi connectivity index (χ3v) is 6.12. The molecule has 0 bridgehead atoms. The normalized spacial score (nSPS) is 18.6. The number of aryl methyl sites for hydroxylation is 1. The largest absolute Gasteiger partial charge is 0.494 e. The second-order valence-corrected chi connectivity index (χ2v) is 8.03. The Hall–Kier alpha value is -1.86. The quantitative estimate of drug-likeness (QED) is 0.750. The van der Waals surface area contributed by atoms with Crippen LogP contribution in [0.25, 0.3) is 0 Å². The highest BCUT2D eigenvalue weighted by Crippen LogP contribution is 2.27. The third-order valence-electron chi connectivity index (χ3n) is 4.26. The first-order valence-corrected chi connectivity index (χ1v) is 9.96. The Labute approximate surface area is 149 Å². The summed E-state index contributed by atoms with van der Waals surface area (Å²) in [7, 11) is -3.63. The Bertz CT molecular complexity index is 731. The summed E-state index contributed by atoms with van der Waals surface area (Å²) < 4.78 is 32.7. The highest BCUT2D eigenvalue weighted by molar-refractivity contribution is 7.89. The Morgan fingerprint density at radius 3 is 2.88 bits per heavy atom. The lowest BCUT2D eigenvalue weighted by Crippen LogP contribution is -2.45. The summed E-state index contributed by atoms with van der Waals surface area (Å²) in [6, 6.07) is 4.88. The van der Waals surface area contributed by atoms with E-state index < -0.39 is 10.0 Å². The van der Waals surface area contributed by atoms with E-state index in [1.54, 1.807) is 24.3 Å². The number of nitrogens with zero attached hydrogens (tertiary/aromatic N) is 1. The van der Waals surface area contributed by atoms with Crippen molar-refractivity contribution in [3.63, 3.8) is 0 Å². The van der Waals surface area contributed by atoms with Crippen LogP contribution >= 0.6 is 0 Å². The van der Waals surface area contributed by atoms with E-state index in [0.29, 0.717) is 38.3 Å². The molecule has 7 heteroatoms. The highest BCUT2D eigenvalue weighted by Gasteiger charge is 2.33. The van der Waals surface area contributed by atoms with Gasteiger partial charge in [0.1, 0.15) is 5.75 Å². The van der Waals surface area contributed by atoms with Gasteiger partial charge in [0.25, 0.3) is 0 Å². The predicted molar refractivity (Wildman–Crippen MR) is 97.0 cm³/mol. The van der Waals surface area contributed by atoms with Gasteiger partial charge in [0.05, 0.1) is 17.4 Å². The fraction of sp³-hybridized carbons (Fsp3) is 0.500. The lowest BCUT2D eigenvalue weighted by molar-refractivity contribution is -0.125. The molecule has 1 aliphatic heterocycles. The number of carbonyl (C=O) groups is 1. The Kier molecular flexibility index (Phi) is 6.61. The molecule has 0 aromatic heterocycles. The molecule has 1 atom stereocenters. The van der Waals surface area contributed by atoms with Gasteiger partial charge in [-0.2, -0.15) is 4.31 Å². The minimum atomic E-state index is -3.63. The Morgan fingerprint density at radius 1 is 1.48 bits per heavy atom. The number of sulfonamides is 1. The van der Waals surface area contributed by atoms with Crippen molar-refractivity contribution >= 4 is 15.9 Å². The van der Waals surface area contributed by atoms with E-state index in [1.165, 1.54) is 4.31 Å². The number of ether oxygens (including phenoxy) is 1. The summed E-state index contributed by atoms with van der Waals surface area (Å²) in [5.41, 5.74) is 0.778. The van der Waals surface area contributed by atoms with Crippen LogP contribution in [0.1, 0.15) is 25.3 Å². The van der Waals surface area contributed by atoms with Gasteiger partial charge in [-0.3, -0.25) is 4.79 Å². The van der Waals surface area contributed by atoms with E-state index in [0.717, 1.165) is 5.56 Å². The summed E-state index contributed by atoms with van der Waals surface area (Å²) in [6.45, 7) is 8.83. The molecule has 0 aliphatic carbocycles. The minimum Gasteiger partial charge on any atom is -0.494 e. The molecule has 1 heterocycles. The molecule has 1 saturated heterocycles. The van der Waals surface area contributed by atoms with Crippen molar-refractivity contribution in [1.29, 1.82) is 0 Å². The van der Waals surface area contributed by atoms with Crippen LogP contribution in [0.15, 0.2) is 35.7 Å². The van der Waals surface area contributed by atoms with Crippen molar-refractivity contribution < 1.29 is 17.9 Å². The van der Waals surface area contributed by atoms with E-state index in [2.05, 4.69) is 11.9 Å². The Morgan fingerprint density at radius 2 is 2.24 bits per heavy atom. The van der Waals surface area contributed by atoms with Crippen LogP contribution < -0.4 is 10.1 Å². The number of carbonyl (C=O) groups excluding carboxylic acids is 1. The molecule has 0 unspecified atom stereocenters. The smallest absolute Gasteiger partial charge is 0.243 e. The zero-order valence-electron chi connectivity index (χ0n) is 14.8. The zero-order valence-corrected chi connectivity index (χ0v) is 15.6. The van der Waals surface area contributed by atoms with E-state index >= 15 is 0 Å². The maximum Gasteiger partial charge on any atom is 0.243 e. The molecule has 0 saturated carbocycles. The van der Waals surface area contributed by atoms with Crippen molar-refractivity contribution in [2.75, 3.05) is 26.2 Å². The molecule has 138 valence electrons. The van der Waals surface area contributed by atoms with Gasteiger partial charge in [0.15, 0.2) is 0 Å². The monoisotopic (exact) mass is 366 g/mol. The number of rotatable bonds is 7. The fourth-order valence-corrected chi connectivity index (χ4v) is 4.55. The second kappa shape index (κ2) is 8.49. The number of nitrogens with one attached hydrogen (secondary N) is 1. The van der Waals surface area contributed by atoms with Gasteiger partial charge in [0, 0.05) is 19.6 Å². The van der Waals surface area contributed by atoms with Gasteiger partial charge >= 0.3 is 0 Å². The molecule has 25 heavy (non-hydrogen) atoms. The first kappa shape index (κ1) is 19.5. The fourth-order valence-electron chi connectivity index (χ4n) is 2.94. The van der Waals surface area contributed by atoms with E-state index in [1.807, 2.05) is 13.8 Å². The third kappa shape index (κ3) is 4.61. The summed E-state index contributed by atoms with van der Waals surface area (Å²) in [5, 5.41) is 2.75. The molecule has 1 aromatic carbocycles. The maximum absolute atomic E-state index is 12.9. The zero-order chi connectivity index (χ0) is 18.4. The van der Waals surface area contributed by atoms with Crippen LogP contribution in [-0.4, -0.2) is 44.9 Å². The molecule has 1 aliphatic rings. The van der Waals surface area contributed by atoms with Crippen LogP contribution in [0.5, 0.6) is 5.75 Å². The average molecular weight is 366 g/mol. The summed E-state index contributed by atoms with van der Waals surface area (Å²) in [5.74, 6) is 0.233. The molecule has 1 aromatic rings. The van der Waals surface area contributed by atoms with Crippen LogP contribution in [0.2, 0.25) is 0 Å². The van der Waals surface area contributed by atoms with Crippen LogP contribution in [0.4, 0.5) is 0 Å². The number of amides is 1. The Balaban J connectivity index is 2.17.